The molecule has 1 aromatic heterocycles. The average Bonchev–Trinajstić information content (AvgIpc) is 2.98. The Bertz CT molecular complexity index is 901. The molecule has 0 spiro atoms. The summed E-state index contributed by atoms with van der Waals surface area (Å²) in [4.78, 5) is 46.6. The highest BCUT2D eigenvalue weighted by Crippen LogP contribution is 2.21. The maximum atomic E-state index is 12.3. The molecule has 0 atom stereocenters. The van der Waals surface area contributed by atoms with Gasteiger partial charge in [0.05, 0.1) is 5.56 Å². The third kappa shape index (κ3) is 3.97. The van der Waals surface area contributed by atoms with Crippen LogP contribution in [0.5, 0.6) is 0 Å². The second-order valence-electron chi connectivity index (χ2n) is 7.30. The maximum absolute atomic E-state index is 12.3. The van der Waals surface area contributed by atoms with Gasteiger partial charge in [0.1, 0.15) is 5.69 Å². The van der Waals surface area contributed by atoms with Crippen molar-refractivity contribution in [3.05, 3.63) is 53.9 Å². The van der Waals surface area contributed by atoms with Crippen molar-refractivity contribution < 1.29 is 14.4 Å². The van der Waals surface area contributed by atoms with Crippen LogP contribution in [0.4, 0.5) is 11.4 Å². The van der Waals surface area contributed by atoms with E-state index in [4.69, 9.17) is 0 Å². The van der Waals surface area contributed by atoms with E-state index in [0.717, 1.165) is 36.8 Å². The molecular weight excluding hydrogens is 370 g/mol. The Balaban J connectivity index is 1.30. The van der Waals surface area contributed by atoms with Gasteiger partial charge in [-0.05, 0) is 43.4 Å². The molecule has 0 bridgehead atoms. The first-order valence-corrected chi connectivity index (χ1v) is 9.67. The standard InChI is InChI=1S/C21H23N5O3/c1-24-11-13-25(14-12-24)16-6-4-15(5-7-16)23-18(27)8-10-26-20(28)17-3-2-9-22-19(17)21(26)29/h2-7,9H,8,10-14H2,1H3,(H,23,27). The smallest absolute Gasteiger partial charge is 0.280 e. The lowest BCUT2D eigenvalue weighted by molar-refractivity contribution is -0.116. The number of anilines is 2. The van der Waals surface area contributed by atoms with E-state index in [-0.39, 0.29) is 30.1 Å². The summed E-state index contributed by atoms with van der Waals surface area (Å²) in [5.41, 5.74) is 2.27. The van der Waals surface area contributed by atoms with Crippen LogP contribution in [0.25, 0.3) is 0 Å². The van der Waals surface area contributed by atoms with Crippen LogP contribution in [-0.2, 0) is 4.79 Å². The molecule has 0 aliphatic carbocycles. The zero-order valence-corrected chi connectivity index (χ0v) is 16.3. The molecule has 0 saturated carbocycles. The Morgan fingerprint density at radius 3 is 2.45 bits per heavy atom. The van der Waals surface area contributed by atoms with Crippen LogP contribution in [0.1, 0.15) is 27.3 Å². The number of likely N-dealkylation sites (N-methyl/N-ethyl adjacent to an activating group) is 1. The van der Waals surface area contributed by atoms with E-state index in [1.165, 1.54) is 6.20 Å². The van der Waals surface area contributed by atoms with Crippen molar-refractivity contribution in [1.82, 2.24) is 14.8 Å². The number of fused-ring (bicyclic) bond motifs is 1. The fourth-order valence-electron chi connectivity index (χ4n) is 3.57. The number of carbonyl (C=O) groups excluding carboxylic acids is 3. The number of benzene rings is 1. The summed E-state index contributed by atoms with van der Waals surface area (Å²) >= 11 is 0. The molecule has 1 N–H and O–H groups in total. The highest BCUT2D eigenvalue weighted by molar-refractivity contribution is 6.20. The van der Waals surface area contributed by atoms with Gasteiger partial charge in [-0.2, -0.15) is 0 Å². The Hall–Kier alpha value is -3.26. The van der Waals surface area contributed by atoms with Crippen LogP contribution in [0.15, 0.2) is 42.6 Å². The quantitative estimate of drug-likeness (QED) is 0.774. The minimum Gasteiger partial charge on any atom is -0.369 e. The number of rotatable bonds is 5. The number of hydrogen-bond donors (Lipinski definition) is 1. The van der Waals surface area contributed by atoms with E-state index < -0.39 is 11.8 Å². The van der Waals surface area contributed by atoms with E-state index >= 15 is 0 Å². The van der Waals surface area contributed by atoms with Gasteiger partial charge in [-0.25, -0.2) is 0 Å². The van der Waals surface area contributed by atoms with E-state index in [9.17, 15) is 14.4 Å². The molecule has 1 saturated heterocycles. The van der Waals surface area contributed by atoms with Gasteiger partial charge < -0.3 is 15.1 Å². The monoisotopic (exact) mass is 393 g/mol. The number of nitrogens with one attached hydrogen (secondary N) is 1. The predicted molar refractivity (Wildman–Crippen MR) is 109 cm³/mol. The molecule has 1 aromatic carbocycles. The van der Waals surface area contributed by atoms with Gasteiger partial charge in [-0.1, -0.05) is 0 Å². The topological polar surface area (TPSA) is 85.8 Å². The van der Waals surface area contributed by atoms with Crippen LogP contribution in [0.2, 0.25) is 0 Å². The zero-order valence-electron chi connectivity index (χ0n) is 16.3. The van der Waals surface area contributed by atoms with Gasteiger partial charge in [-0.3, -0.25) is 24.3 Å². The average molecular weight is 393 g/mol. The second-order valence-corrected chi connectivity index (χ2v) is 7.30. The van der Waals surface area contributed by atoms with E-state index in [1.54, 1.807) is 12.1 Å². The van der Waals surface area contributed by atoms with Gasteiger partial charge in [0.2, 0.25) is 5.91 Å². The minimum atomic E-state index is -0.449. The molecular formula is C21H23N5O3. The first-order valence-electron chi connectivity index (χ1n) is 9.67. The summed E-state index contributed by atoms with van der Waals surface area (Å²) in [6.07, 6.45) is 1.51. The van der Waals surface area contributed by atoms with Gasteiger partial charge in [0, 0.05) is 56.7 Å². The second kappa shape index (κ2) is 8.00. The largest absolute Gasteiger partial charge is 0.369 e. The molecule has 2 aliphatic heterocycles. The van der Waals surface area contributed by atoms with Crippen molar-refractivity contribution in [2.24, 2.45) is 0 Å². The van der Waals surface area contributed by atoms with Gasteiger partial charge in [0.25, 0.3) is 11.8 Å². The van der Waals surface area contributed by atoms with Crippen molar-refractivity contribution in [1.29, 1.82) is 0 Å². The molecule has 2 aliphatic rings. The Morgan fingerprint density at radius 2 is 1.76 bits per heavy atom. The number of carbonyl (C=O) groups is 3. The van der Waals surface area contributed by atoms with Crippen molar-refractivity contribution in [3.63, 3.8) is 0 Å². The van der Waals surface area contributed by atoms with Crippen LogP contribution >= 0.6 is 0 Å². The van der Waals surface area contributed by atoms with E-state index in [1.807, 2.05) is 24.3 Å². The number of hydrogen-bond acceptors (Lipinski definition) is 6. The van der Waals surface area contributed by atoms with E-state index in [2.05, 4.69) is 27.1 Å². The molecule has 8 nitrogen and oxygen atoms in total. The lowest BCUT2D eigenvalue weighted by Crippen LogP contribution is -2.44. The zero-order chi connectivity index (χ0) is 20.4. The van der Waals surface area contributed by atoms with Crippen LogP contribution in [0.3, 0.4) is 0 Å². The lowest BCUT2D eigenvalue weighted by atomic mass is 10.2. The van der Waals surface area contributed by atoms with Gasteiger partial charge in [0.15, 0.2) is 0 Å². The highest BCUT2D eigenvalue weighted by atomic mass is 16.2. The Kier molecular flexibility index (Phi) is 5.26. The van der Waals surface area contributed by atoms with Crippen molar-refractivity contribution >= 4 is 29.1 Å². The summed E-state index contributed by atoms with van der Waals surface area (Å²) in [7, 11) is 2.12. The fraction of sp³-hybridized carbons (Fsp3) is 0.333. The molecule has 2 aromatic rings. The minimum absolute atomic E-state index is 0.0270. The molecule has 150 valence electrons. The van der Waals surface area contributed by atoms with Crippen LogP contribution < -0.4 is 10.2 Å². The molecule has 4 rings (SSSR count). The number of piperazine rings is 1. The van der Waals surface area contributed by atoms with Crippen molar-refractivity contribution in [2.75, 3.05) is 50.0 Å². The maximum Gasteiger partial charge on any atom is 0.280 e. The number of nitrogens with zero attached hydrogens (tertiary/aromatic N) is 4. The third-order valence-electron chi connectivity index (χ3n) is 5.31. The molecule has 1 fully saturated rings. The number of aromatic nitrogens is 1. The SMILES string of the molecule is CN1CCN(c2ccc(NC(=O)CCN3C(=O)c4cccnc4C3=O)cc2)CC1. The highest BCUT2D eigenvalue weighted by Gasteiger charge is 2.36. The molecule has 0 radical (unpaired) electrons. The Labute approximate surface area is 169 Å². The molecule has 8 heteroatoms. The normalized spacial score (nSPS) is 16.9. The number of pyridine rings is 1. The van der Waals surface area contributed by atoms with Crippen molar-refractivity contribution in [2.45, 2.75) is 6.42 Å². The summed E-state index contributed by atoms with van der Waals surface area (Å²) < 4.78 is 0. The van der Waals surface area contributed by atoms with Crippen LogP contribution in [0, 0.1) is 0 Å². The lowest BCUT2D eigenvalue weighted by Gasteiger charge is -2.34. The van der Waals surface area contributed by atoms with Gasteiger partial charge >= 0.3 is 0 Å². The van der Waals surface area contributed by atoms with Crippen molar-refractivity contribution in [3.8, 4) is 0 Å². The van der Waals surface area contributed by atoms with E-state index in [0.29, 0.717) is 5.69 Å². The first-order chi connectivity index (χ1) is 14.0. The van der Waals surface area contributed by atoms with Crippen LogP contribution in [-0.4, -0.2) is 72.3 Å². The van der Waals surface area contributed by atoms with Gasteiger partial charge in [-0.15, -0.1) is 0 Å². The molecule has 0 unspecified atom stereocenters. The third-order valence-corrected chi connectivity index (χ3v) is 5.31. The summed E-state index contributed by atoms with van der Waals surface area (Å²) in [6.45, 7) is 4.06. The number of amides is 3. The molecule has 3 heterocycles. The Morgan fingerprint density at radius 1 is 1.03 bits per heavy atom. The molecule has 29 heavy (non-hydrogen) atoms. The fourth-order valence-corrected chi connectivity index (χ4v) is 3.57. The first kappa shape index (κ1) is 19.1. The summed E-state index contributed by atoms with van der Waals surface area (Å²) in [5.74, 6) is -1.10. The predicted octanol–water partition coefficient (Wildman–Crippen LogP) is 1.46. The molecule has 3 amide bonds. The number of imide groups is 1. The summed E-state index contributed by atoms with van der Waals surface area (Å²) in [6, 6.07) is 10.9. The summed E-state index contributed by atoms with van der Waals surface area (Å²) in [5, 5.41) is 2.82.